The molecule has 1 aliphatic carbocycles. The first-order valence-electron chi connectivity index (χ1n) is 7.92. The molecule has 1 aromatic carbocycles. The lowest BCUT2D eigenvalue weighted by atomic mass is 9.96. The molecular formula is C19H22O7. The lowest BCUT2D eigenvalue weighted by Crippen LogP contribution is -2.27. The zero-order valence-electron chi connectivity index (χ0n) is 14.8. The van der Waals surface area contributed by atoms with Crippen LogP contribution in [0.5, 0.6) is 5.75 Å². The fourth-order valence-electron chi connectivity index (χ4n) is 2.51. The molecule has 0 saturated carbocycles. The summed E-state index contributed by atoms with van der Waals surface area (Å²) in [6, 6.07) is 5.69. The number of rotatable bonds is 6. The normalized spacial score (nSPS) is 19.7. The monoisotopic (exact) mass is 362 g/mol. The summed E-state index contributed by atoms with van der Waals surface area (Å²) in [7, 11) is 2.86. The predicted octanol–water partition coefficient (Wildman–Crippen LogP) is 2.62. The summed E-state index contributed by atoms with van der Waals surface area (Å²) in [6.07, 6.45) is 4.77. The number of benzene rings is 1. The Morgan fingerprint density at radius 2 is 1.85 bits per heavy atom. The summed E-state index contributed by atoms with van der Waals surface area (Å²) in [6.45, 7) is 1.33. The molecule has 0 amide bonds. The summed E-state index contributed by atoms with van der Waals surface area (Å²) in [4.78, 5) is 12.0. The van der Waals surface area contributed by atoms with Crippen molar-refractivity contribution < 1.29 is 34.3 Å². The topological polar surface area (TPSA) is 105 Å². The van der Waals surface area contributed by atoms with Crippen LogP contribution in [0.25, 0.3) is 0 Å². The Balaban J connectivity index is 2.05. The van der Waals surface area contributed by atoms with E-state index < -0.39 is 11.8 Å². The number of esters is 1. The SMILES string of the molecule is COC1=CC(/C=C/C(=O)OC(C)(O)c2ccc(O)cc2)CC(OC)=C1O. The van der Waals surface area contributed by atoms with E-state index in [1.807, 2.05) is 0 Å². The molecule has 0 aromatic heterocycles. The molecule has 1 aromatic rings. The number of hydrogen-bond acceptors (Lipinski definition) is 7. The fourth-order valence-corrected chi connectivity index (χ4v) is 2.51. The molecule has 140 valence electrons. The Hall–Kier alpha value is -2.93. The van der Waals surface area contributed by atoms with Crippen LogP contribution in [0.4, 0.5) is 0 Å². The van der Waals surface area contributed by atoms with Crippen LogP contribution in [-0.2, 0) is 24.8 Å². The number of ether oxygens (including phenoxy) is 3. The Labute approximate surface area is 151 Å². The maximum atomic E-state index is 12.0. The number of hydrogen-bond donors (Lipinski definition) is 3. The van der Waals surface area contributed by atoms with Crippen LogP contribution < -0.4 is 0 Å². The van der Waals surface area contributed by atoms with Crippen LogP contribution in [0, 0.1) is 5.92 Å². The minimum absolute atomic E-state index is 0.0408. The molecular weight excluding hydrogens is 340 g/mol. The number of carbonyl (C=O) groups is 1. The van der Waals surface area contributed by atoms with Crippen molar-refractivity contribution >= 4 is 5.97 Å². The molecule has 7 nitrogen and oxygen atoms in total. The molecule has 2 atom stereocenters. The first-order chi connectivity index (χ1) is 12.3. The Bertz CT molecular complexity index is 742. The van der Waals surface area contributed by atoms with E-state index in [9.17, 15) is 20.1 Å². The molecule has 0 fully saturated rings. The third kappa shape index (κ3) is 4.58. The van der Waals surface area contributed by atoms with Gasteiger partial charge in [-0.25, -0.2) is 4.79 Å². The maximum Gasteiger partial charge on any atom is 0.333 e. The van der Waals surface area contributed by atoms with Gasteiger partial charge in [-0.1, -0.05) is 6.08 Å². The lowest BCUT2D eigenvalue weighted by molar-refractivity contribution is -0.201. The summed E-state index contributed by atoms with van der Waals surface area (Å²) in [5.41, 5.74) is 0.325. The number of phenols is 1. The molecule has 1 aliphatic rings. The number of methoxy groups -OCH3 is 2. The summed E-state index contributed by atoms with van der Waals surface area (Å²) >= 11 is 0. The van der Waals surface area contributed by atoms with Crippen molar-refractivity contribution in [1.82, 2.24) is 0 Å². The van der Waals surface area contributed by atoms with Gasteiger partial charge in [0.2, 0.25) is 5.79 Å². The molecule has 3 N–H and O–H groups in total. The molecule has 0 radical (unpaired) electrons. The van der Waals surface area contributed by atoms with Crippen molar-refractivity contribution in [3.8, 4) is 5.75 Å². The number of carbonyl (C=O) groups excluding carboxylic acids is 1. The van der Waals surface area contributed by atoms with Gasteiger partial charge < -0.3 is 29.5 Å². The highest BCUT2D eigenvalue weighted by Crippen LogP contribution is 2.29. The number of aliphatic hydroxyl groups excluding tert-OH is 1. The van der Waals surface area contributed by atoms with Gasteiger partial charge in [0.25, 0.3) is 0 Å². The van der Waals surface area contributed by atoms with Crippen molar-refractivity contribution in [2.45, 2.75) is 19.1 Å². The molecule has 2 unspecified atom stereocenters. The maximum absolute atomic E-state index is 12.0. The highest BCUT2D eigenvalue weighted by Gasteiger charge is 2.27. The van der Waals surface area contributed by atoms with Gasteiger partial charge in [-0.2, -0.15) is 0 Å². The van der Waals surface area contributed by atoms with Gasteiger partial charge in [-0.3, -0.25) is 0 Å². The van der Waals surface area contributed by atoms with Gasteiger partial charge in [0, 0.05) is 30.9 Å². The van der Waals surface area contributed by atoms with Gasteiger partial charge >= 0.3 is 5.97 Å². The van der Waals surface area contributed by atoms with Crippen LogP contribution in [0.1, 0.15) is 18.9 Å². The number of allylic oxidation sites excluding steroid dienone is 3. The Kier molecular flexibility index (Phi) is 5.94. The van der Waals surface area contributed by atoms with E-state index in [1.54, 1.807) is 12.2 Å². The fraction of sp³-hybridized carbons (Fsp3) is 0.316. The van der Waals surface area contributed by atoms with Crippen LogP contribution in [0.3, 0.4) is 0 Å². The van der Waals surface area contributed by atoms with E-state index in [0.29, 0.717) is 17.7 Å². The second-order valence-corrected chi connectivity index (χ2v) is 5.89. The second kappa shape index (κ2) is 7.97. The molecule has 0 bridgehead atoms. The van der Waals surface area contributed by atoms with E-state index in [1.165, 1.54) is 51.5 Å². The van der Waals surface area contributed by atoms with Gasteiger partial charge in [0.05, 0.1) is 14.2 Å². The molecule has 26 heavy (non-hydrogen) atoms. The highest BCUT2D eigenvalue weighted by atomic mass is 16.7. The van der Waals surface area contributed by atoms with Crippen LogP contribution in [0.2, 0.25) is 0 Å². The first-order valence-corrected chi connectivity index (χ1v) is 7.92. The van der Waals surface area contributed by atoms with Gasteiger partial charge in [0.1, 0.15) is 11.5 Å². The Morgan fingerprint density at radius 3 is 2.42 bits per heavy atom. The second-order valence-electron chi connectivity index (χ2n) is 5.89. The summed E-state index contributed by atoms with van der Waals surface area (Å²) in [5.74, 6) is -2.26. The zero-order valence-corrected chi connectivity index (χ0v) is 14.8. The molecule has 0 saturated heterocycles. The van der Waals surface area contributed by atoms with Crippen molar-refractivity contribution in [2.75, 3.05) is 14.2 Å². The van der Waals surface area contributed by atoms with Crippen LogP contribution in [0.15, 0.2) is 59.8 Å². The number of aliphatic hydroxyl groups is 2. The number of aromatic hydroxyl groups is 1. The molecule has 7 heteroatoms. The first kappa shape index (κ1) is 19.4. The largest absolute Gasteiger partial charge is 0.508 e. The number of phenolic OH excluding ortho intramolecular Hbond substituents is 1. The van der Waals surface area contributed by atoms with E-state index in [0.717, 1.165) is 0 Å². The third-order valence-electron chi connectivity index (χ3n) is 3.93. The quantitative estimate of drug-likeness (QED) is 0.406. The summed E-state index contributed by atoms with van der Waals surface area (Å²) < 4.78 is 15.3. The molecule has 0 heterocycles. The van der Waals surface area contributed by atoms with Crippen LogP contribution in [-0.4, -0.2) is 35.5 Å². The smallest absolute Gasteiger partial charge is 0.333 e. The van der Waals surface area contributed by atoms with E-state index in [4.69, 9.17) is 14.2 Å². The average Bonchev–Trinajstić information content (AvgIpc) is 2.60. The minimum Gasteiger partial charge on any atom is -0.508 e. The lowest BCUT2D eigenvalue weighted by Gasteiger charge is -2.23. The third-order valence-corrected chi connectivity index (χ3v) is 3.93. The van der Waals surface area contributed by atoms with Crippen molar-refractivity contribution in [3.63, 3.8) is 0 Å². The standard InChI is InChI=1S/C19H22O7/c1-19(23,13-5-7-14(20)8-6-13)26-17(21)9-4-12-10-15(24-2)18(22)16(11-12)25-3/h4-10,12,20,22-23H,11H2,1-3H3/b9-4+. The van der Waals surface area contributed by atoms with Gasteiger partial charge in [0.15, 0.2) is 11.5 Å². The van der Waals surface area contributed by atoms with E-state index in [2.05, 4.69) is 0 Å². The minimum atomic E-state index is -1.84. The van der Waals surface area contributed by atoms with Gasteiger partial charge in [-0.15, -0.1) is 0 Å². The summed E-state index contributed by atoms with van der Waals surface area (Å²) in [5, 5.41) is 29.5. The van der Waals surface area contributed by atoms with Crippen molar-refractivity contribution in [3.05, 3.63) is 65.3 Å². The van der Waals surface area contributed by atoms with E-state index >= 15 is 0 Å². The zero-order chi connectivity index (χ0) is 19.3. The van der Waals surface area contributed by atoms with Crippen molar-refractivity contribution in [1.29, 1.82) is 0 Å². The highest BCUT2D eigenvalue weighted by molar-refractivity contribution is 5.82. The average molecular weight is 362 g/mol. The Morgan fingerprint density at radius 1 is 1.19 bits per heavy atom. The van der Waals surface area contributed by atoms with Gasteiger partial charge in [-0.05, 0) is 30.3 Å². The molecule has 2 rings (SSSR count). The molecule has 0 spiro atoms. The predicted molar refractivity (Wildman–Crippen MR) is 92.8 cm³/mol. The van der Waals surface area contributed by atoms with Crippen molar-refractivity contribution in [2.24, 2.45) is 5.92 Å². The molecule has 0 aliphatic heterocycles. The van der Waals surface area contributed by atoms with E-state index in [-0.39, 0.29) is 23.2 Å². The van der Waals surface area contributed by atoms with Crippen LogP contribution >= 0.6 is 0 Å².